The minimum Gasteiger partial charge on any atom is -0.465 e. The van der Waals surface area contributed by atoms with Crippen LogP contribution in [0.4, 0.5) is 0 Å². The molecule has 1 atom stereocenters. The highest BCUT2D eigenvalue weighted by molar-refractivity contribution is 5.89. The predicted molar refractivity (Wildman–Crippen MR) is 89.4 cm³/mol. The molecule has 3 rings (SSSR count). The SMILES string of the molecule is COC(=O)c1ccc(C2(NC3C(N)=C(C)C=CN3C)CC2)cc1. The number of hydrogen-bond acceptors (Lipinski definition) is 5. The van der Waals surface area contributed by atoms with E-state index in [1.807, 2.05) is 50.5 Å². The Hall–Kier alpha value is -2.27. The van der Waals surface area contributed by atoms with Crippen LogP contribution in [0.2, 0.25) is 0 Å². The second-order valence-corrected chi connectivity index (χ2v) is 6.32. The molecule has 2 aliphatic rings. The number of nitrogens with two attached hydrogens (primary N) is 1. The summed E-state index contributed by atoms with van der Waals surface area (Å²) in [4.78, 5) is 13.6. The van der Waals surface area contributed by atoms with Gasteiger partial charge in [-0.2, -0.15) is 0 Å². The van der Waals surface area contributed by atoms with E-state index < -0.39 is 0 Å². The summed E-state index contributed by atoms with van der Waals surface area (Å²) in [5.41, 5.74) is 9.90. The Morgan fingerprint density at radius 3 is 2.57 bits per heavy atom. The maximum Gasteiger partial charge on any atom is 0.337 e. The summed E-state index contributed by atoms with van der Waals surface area (Å²) in [5.74, 6) is -0.311. The maximum atomic E-state index is 11.6. The molecular formula is C18H23N3O2. The third-order valence-electron chi connectivity index (χ3n) is 4.74. The van der Waals surface area contributed by atoms with Crippen LogP contribution in [-0.2, 0) is 10.3 Å². The number of carbonyl (C=O) groups is 1. The molecule has 0 aromatic heterocycles. The van der Waals surface area contributed by atoms with Gasteiger partial charge in [0.05, 0.1) is 12.7 Å². The Morgan fingerprint density at radius 2 is 2.00 bits per heavy atom. The van der Waals surface area contributed by atoms with E-state index in [4.69, 9.17) is 10.5 Å². The molecule has 1 aliphatic carbocycles. The summed E-state index contributed by atoms with van der Waals surface area (Å²) in [5, 5.41) is 3.69. The monoisotopic (exact) mass is 313 g/mol. The molecule has 1 saturated carbocycles. The Balaban J connectivity index is 1.80. The molecule has 0 saturated heterocycles. The van der Waals surface area contributed by atoms with Gasteiger partial charge >= 0.3 is 5.97 Å². The summed E-state index contributed by atoms with van der Waals surface area (Å²) < 4.78 is 4.75. The van der Waals surface area contributed by atoms with Crippen molar-refractivity contribution in [3.63, 3.8) is 0 Å². The summed E-state index contributed by atoms with van der Waals surface area (Å²) >= 11 is 0. The van der Waals surface area contributed by atoms with Crippen molar-refractivity contribution in [3.05, 3.63) is 58.9 Å². The first-order valence-corrected chi connectivity index (χ1v) is 7.80. The Bertz CT molecular complexity index is 672. The summed E-state index contributed by atoms with van der Waals surface area (Å²) in [6.45, 7) is 2.03. The fourth-order valence-electron chi connectivity index (χ4n) is 2.97. The van der Waals surface area contributed by atoms with E-state index in [9.17, 15) is 4.79 Å². The van der Waals surface area contributed by atoms with E-state index in [0.29, 0.717) is 5.56 Å². The maximum absolute atomic E-state index is 11.6. The Labute approximate surface area is 136 Å². The van der Waals surface area contributed by atoms with Crippen molar-refractivity contribution in [1.82, 2.24) is 10.2 Å². The second-order valence-electron chi connectivity index (χ2n) is 6.32. The zero-order valence-electron chi connectivity index (χ0n) is 13.8. The van der Waals surface area contributed by atoms with Crippen LogP contribution in [0.1, 0.15) is 35.7 Å². The molecule has 3 N–H and O–H groups in total. The van der Waals surface area contributed by atoms with Gasteiger partial charge in [-0.3, -0.25) is 5.32 Å². The molecule has 1 aliphatic heterocycles. The van der Waals surface area contributed by atoms with Gasteiger partial charge in [-0.15, -0.1) is 0 Å². The van der Waals surface area contributed by atoms with Gasteiger partial charge in [0.15, 0.2) is 0 Å². The standard InChI is InChI=1S/C18H23N3O2/c1-12-8-11-21(2)16(15(12)19)20-18(9-10-18)14-6-4-13(5-7-14)17(22)23-3/h4-8,11,16,20H,9-10,19H2,1-3H3. The number of methoxy groups -OCH3 is 1. The van der Waals surface area contributed by atoms with Gasteiger partial charge in [-0.25, -0.2) is 4.79 Å². The van der Waals surface area contributed by atoms with Crippen LogP contribution in [-0.4, -0.2) is 31.2 Å². The molecule has 122 valence electrons. The number of likely N-dealkylation sites (N-methyl/N-ethyl adjacent to an activating group) is 1. The molecule has 23 heavy (non-hydrogen) atoms. The van der Waals surface area contributed by atoms with Gasteiger partial charge in [0, 0.05) is 24.5 Å². The number of rotatable bonds is 4. The van der Waals surface area contributed by atoms with Crippen molar-refractivity contribution in [2.24, 2.45) is 5.73 Å². The zero-order chi connectivity index (χ0) is 16.6. The van der Waals surface area contributed by atoms with Gasteiger partial charge in [-0.1, -0.05) is 12.1 Å². The molecule has 5 nitrogen and oxygen atoms in total. The van der Waals surface area contributed by atoms with Crippen molar-refractivity contribution in [2.75, 3.05) is 14.2 Å². The highest BCUT2D eigenvalue weighted by Crippen LogP contribution is 2.46. The minimum atomic E-state index is -0.311. The first-order valence-electron chi connectivity index (χ1n) is 7.80. The first kappa shape index (κ1) is 15.6. The summed E-state index contributed by atoms with van der Waals surface area (Å²) in [7, 11) is 3.41. The fraction of sp³-hybridized carbons (Fsp3) is 0.389. The molecule has 1 aromatic rings. The summed E-state index contributed by atoms with van der Waals surface area (Å²) in [6.07, 6.45) is 6.18. The number of hydrogen-bond donors (Lipinski definition) is 2. The fourth-order valence-corrected chi connectivity index (χ4v) is 2.97. The number of ether oxygens (including phenoxy) is 1. The number of benzene rings is 1. The average Bonchev–Trinajstić information content (AvgIpc) is 3.35. The smallest absolute Gasteiger partial charge is 0.337 e. The van der Waals surface area contributed by atoms with Crippen molar-refractivity contribution >= 4 is 5.97 Å². The van der Waals surface area contributed by atoms with E-state index in [-0.39, 0.29) is 17.7 Å². The lowest BCUT2D eigenvalue weighted by molar-refractivity contribution is 0.0600. The molecule has 1 fully saturated rings. The largest absolute Gasteiger partial charge is 0.465 e. The quantitative estimate of drug-likeness (QED) is 0.833. The van der Waals surface area contributed by atoms with Crippen LogP contribution in [0.15, 0.2) is 47.8 Å². The molecule has 0 bridgehead atoms. The number of esters is 1. The molecule has 1 heterocycles. The molecule has 0 radical (unpaired) electrons. The molecule has 1 unspecified atom stereocenters. The molecular weight excluding hydrogens is 290 g/mol. The predicted octanol–water partition coefficient (Wildman–Crippen LogP) is 2.07. The van der Waals surface area contributed by atoms with E-state index >= 15 is 0 Å². The van der Waals surface area contributed by atoms with Gasteiger partial charge in [0.1, 0.15) is 6.17 Å². The highest BCUT2D eigenvalue weighted by atomic mass is 16.5. The second kappa shape index (κ2) is 5.74. The normalized spacial score (nSPS) is 22.2. The molecule has 0 spiro atoms. The van der Waals surface area contributed by atoms with Gasteiger partial charge in [0.2, 0.25) is 0 Å². The Kier molecular flexibility index (Phi) is 3.90. The topological polar surface area (TPSA) is 67.6 Å². The number of allylic oxidation sites excluding steroid dienone is 2. The van der Waals surface area contributed by atoms with Crippen molar-refractivity contribution in [1.29, 1.82) is 0 Å². The zero-order valence-corrected chi connectivity index (χ0v) is 13.8. The Morgan fingerprint density at radius 1 is 1.35 bits per heavy atom. The van der Waals surface area contributed by atoms with Gasteiger partial charge < -0.3 is 15.4 Å². The van der Waals surface area contributed by atoms with Crippen molar-refractivity contribution < 1.29 is 9.53 Å². The third-order valence-corrected chi connectivity index (χ3v) is 4.74. The lowest BCUT2D eigenvalue weighted by Crippen LogP contribution is -2.50. The van der Waals surface area contributed by atoms with Crippen molar-refractivity contribution in [3.8, 4) is 0 Å². The van der Waals surface area contributed by atoms with Crippen LogP contribution in [0.3, 0.4) is 0 Å². The lowest BCUT2D eigenvalue weighted by Gasteiger charge is -2.35. The average molecular weight is 313 g/mol. The number of nitrogens with one attached hydrogen (secondary N) is 1. The first-order chi connectivity index (χ1) is 11.0. The number of nitrogens with zero attached hydrogens (tertiary/aromatic N) is 1. The van der Waals surface area contributed by atoms with Gasteiger partial charge in [0.25, 0.3) is 0 Å². The van der Waals surface area contributed by atoms with Gasteiger partial charge in [-0.05, 0) is 49.1 Å². The van der Waals surface area contributed by atoms with E-state index in [0.717, 1.165) is 24.1 Å². The molecule has 1 aromatic carbocycles. The van der Waals surface area contributed by atoms with Crippen molar-refractivity contribution in [2.45, 2.75) is 31.5 Å². The van der Waals surface area contributed by atoms with Crippen LogP contribution < -0.4 is 11.1 Å². The summed E-state index contributed by atoms with van der Waals surface area (Å²) in [6, 6.07) is 7.63. The van der Waals surface area contributed by atoms with Crippen LogP contribution >= 0.6 is 0 Å². The number of carbonyl (C=O) groups excluding carboxylic acids is 1. The third kappa shape index (κ3) is 2.84. The minimum absolute atomic E-state index is 0.0113. The highest BCUT2D eigenvalue weighted by Gasteiger charge is 2.46. The lowest BCUT2D eigenvalue weighted by atomic mass is 10.0. The van der Waals surface area contributed by atoms with Crippen LogP contribution in [0.25, 0.3) is 0 Å². The molecule has 5 heteroatoms. The van der Waals surface area contributed by atoms with E-state index in [2.05, 4.69) is 10.2 Å². The van der Waals surface area contributed by atoms with E-state index in [1.54, 1.807) is 0 Å². The molecule has 0 amide bonds. The van der Waals surface area contributed by atoms with Crippen LogP contribution in [0.5, 0.6) is 0 Å². The van der Waals surface area contributed by atoms with Crippen LogP contribution in [0, 0.1) is 0 Å². The van der Waals surface area contributed by atoms with E-state index in [1.165, 1.54) is 12.7 Å².